The van der Waals surface area contributed by atoms with Crippen molar-refractivity contribution in [3.63, 3.8) is 0 Å². The van der Waals surface area contributed by atoms with Crippen LogP contribution in [0.4, 0.5) is 0 Å². The van der Waals surface area contributed by atoms with Crippen molar-refractivity contribution in [2.75, 3.05) is 6.54 Å². The summed E-state index contributed by atoms with van der Waals surface area (Å²) in [7, 11) is 0. The molecule has 3 atom stereocenters. The Bertz CT molecular complexity index is 469. The molecule has 0 radical (unpaired) electrons. The molecule has 1 heterocycles. The number of hydrogen-bond acceptors (Lipinski definition) is 2. The second-order valence-electron chi connectivity index (χ2n) is 6.13. The Kier molecular flexibility index (Phi) is 3.91. The first-order valence-corrected chi connectivity index (χ1v) is 8.64. The molecule has 2 heteroatoms. The van der Waals surface area contributed by atoms with Crippen LogP contribution in [0.2, 0.25) is 0 Å². The number of aryl methyl sites for hydroxylation is 2. The van der Waals surface area contributed by atoms with Crippen LogP contribution in [0.15, 0.2) is 17.0 Å². The highest BCUT2D eigenvalue weighted by atomic mass is 32.2. The third kappa shape index (κ3) is 2.45. The zero-order valence-electron chi connectivity index (χ0n) is 12.3. The van der Waals surface area contributed by atoms with Crippen molar-refractivity contribution in [2.45, 2.75) is 62.6 Å². The van der Waals surface area contributed by atoms with Gasteiger partial charge in [-0.25, -0.2) is 0 Å². The molecule has 0 saturated heterocycles. The molecule has 2 aliphatic rings. The van der Waals surface area contributed by atoms with E-state index in [9.17, 15) is 0 Å². The third-order valence-corrected chi connectivity index (χ3v) is 6.16. The average Bonchev–Trinajstić information content (AvgIpc) is 2.84. The predicted octanol–water partition coefficient (Wildman–Crippen LogP) is 4.35. The summed E-state index contributed by atoms with van der Waals surface area (Å²) in [6.07, 6.45) is 5.14. The summed E-state index contributed by atoms with van der Waals surface area (Å²) >= 11 is 2.08. The van der Waals surface area contributed by atoms with Crippen LogP contribution in [0.3, 0.4) is 0 Å². The maximum absolute atomic E-state index is 3.79. The molecule has 0 spiro atoms. The monoisotopic (exact) mass is 275 g/mol. The van der Waals surface area contributed by atoms with E-state index in [-0.39, 0.29) is 0 Å². The summed E-state index contributed by atoms with van der Waals surface area (Å²) in [5.74, 6) is 0.712. The van der Waals surface area contributed by atoms with Crippen LogP contribution >= 0.6 is 11.8 Å². The van der Waals surface area contributed by atoms with E-state index in [1.807, 2.05) is 0 Å². The van der Waals surface area contributed by atoms with Crippen LogP contribution in [0.5, 0.6) is 0 Å². The van der Waals surface area contributed by atoms with Crippen molar-refractivity contribution < 1.29 is 0 Å². The van der Waals surface area contributed by atoms with Gasteiger partial charge in [-0.1, -0.05) is 26.8 Å². The number of hydrogen-bond donors (Lipinski definition) is 1. The van der Waals surface area contributed by atoms with Gasteiger partial charge in [-0.05, 0) is 60.9 Å². The van der Waals surface area contributed by atoms with Crippen LogP contribution in [0, 0.1) is 5.92 Å². The molecule has 104 valence electrons. The maximum atomic E-state index is 3.79. The lowest BCUT2D eigenvalue weighted by Gasteiger charge is -2.36. The third-order valence-electron chi connectivity index (χ3n) is 4.75. The Morgan fingerprint density at radius 3 is 2.68 bits per heavy atom. The molecule has 0 amide bonds. The van der Waals surface area contributed by atoms with Gasteiger partial charge in [0.2, 0.25) is 0 Å². The Hall–Kier alpha value is -0.470. The zero-order valence-corrected chi connectivity index (χ0v) is 13.1. The minimum absolute atomic E-state index is 0.553. The smallest absolute Gasteiger partial charge is 0.0367 e. The lowest BCUT2D eigenvalue weighted by atomic mass is 9.89. The van der Waals surface area contributed by atoms with E-state index in [2.05, 4.69) is 50.0 Å². The van der Waals surface area contributed by atoms with Crippen LogP contribution in [-0.4, -0.2) is 11.8 Å². The molecule has 0 bridgehead atoms. The van der Waals surface area contributed by atoms with E-state index in [0.717, 1.165) is 6.54 Å². The van der Waals surface area contributed by atoms with E-state index < -0.39 is 0 Å². The second-order valence-corrected chi connectivity index (χ2v) is 7.55. The number of benzene rings is 1. The van der Waals surface area contributed by atoms with Gasteiger partial charge in [0.05, 0.1) is 0 Å². The molecule has 1 N–H and O–H groups in total. The number of thioether (sulfide) groups is 1. The summed E-state index contributed by atoms with van der Waals surface area (Å²) in [6, 6.07) is 5.56. The van der Waals surface area contributed by atoms with E-state index in [0.29, 0.717) is 17.2 Å². The fourth-order valence-electron chi connectivity index (χ4n) is 3.42. The molecule has 0 aromatic heterocycles. The fourth-order valence-corrected chi connectivity index (χ4v) is 4.73. The van der Waals surface area contributed by atoms with E-state index >= 15 is 0 Å². The van der Waals surface area contributed by atoms with Crippen LogP contribution in [0.25, 0.3) is 0 Å². The first kappa shape index (κ1) is 13.5. The van der Waals surface area contributed by atoms with Crippen molar-refractivity contribution in [1.82, 2.24) is 5.32 Å². The van der Waals surface area contributed by atoms with Gasteiger partial charge in [0.1, 0.15) is 0 Å². The van der Waals surface area contributed by atoms with Gasteiger partial charge in [0.15, 0.2) is 0 Å². The minimum atomic E-state index is 0.553. The predicted molar refractivity (Wildman–Crippen MR) is 84.0 cm³/mol. The molecule has 1 aliphatic carbocycles. The van der Waals surface area contributed by atoms with Gasteiger partial charge in [-0.15, -0.1) is 11.8 Å². The Morgan fingerprint density at radius 1 is 1.21 bits per heavy atom. The van der Waals surface area contributed by atoms with Gasteiger partial charge >= 0.3 is 0 Å². The highest BCUT2D eigenvalue weighted by Crippen LogP contribution is 2.46. The summed E-state index contributed by atoms with van der Waals surface area (Å²) in [5.41, 5.74) is 4.80. The van der Waals surface area contributed by atoms with Gasteiger partial charge in [0, 0.05) is 16.2 Å². The molecule has 3 rings (SSSR count). The summed E-state index contributed by atoms with van der Waals surface area (Å²) < 4.78 is 0. The largest absolute Gasteiger partial charge is 0.310 e. The topological polar surface area (TPSA) is 12.0 Å². The average molecular weight is 275 g/mol. The highest BCUT2D eigenvalue weighted by Gasteiger charge is 2.32. The number of rotatable bonds is 3. The molecular formula is C17H25NS. The Morgan fingerprint density at radius 2 is 1.95 bits per heavy atom. The summed E-state index contributed by atoms with van der Waals surface area (Å²) in [6.45, 7) is 8.17. The second kappa shape index (κ2) is 5.49. The van der Waals surface area contributed by atoms with E-state index in [1.54, 1.807) is 21.6 Å². The van der Waals surface area contributed by atoms with E-state index in [1.165, 1.54) is 25.7 Å². The first-order chi connectivity index (χ1) is 9.20. The van der Waals surface area contributed by atoms with Gasteiger partial charge in [-0.2, -0.15) is 0 Å². The molecule has 1 aromatic rings. The van der Waals surface area contributed by atoms with Crippen molar-refractivity contribution in [3.8, 4) is 0 Å². The molecule has 19 heavy (non-hydrogen) atoms. The van der Waals surface area contributed by atoms with E-state index in [4.69, 9.17) is 0 Å². The SMILES string of the molecule is CCCNC1c2cc3c(cc2SC(C)C1C)CCC3. The first-order valence-electron chi connectivity index (χ1n) is 7.76. The zero-order chi connectivity index (χ0) is 13.4. The quantitative estimate of drug-likeness (QED) is 0.880. The fraction of sp³-hybridized carbons (Fsp3) is 0.647. The van der Waals surface area contributed by atoms with Crippen molar-refractivity contribution >= 4 is 11.8 Å². The molecule has 0 fully saturated rings. The Labute approximate surface area is 121 Å². The van der Waals surface area contributed by atoms with Crippen LogP contribution in [-0.2, 0) is 12.8 Å². The van der Waals surface area contributed by atoms with Crippen LogP contribution < -0.4 is 5.32 Å². The molecule has 0 saturated carbocycles. The van der Waals surface area contributed by atoms with Crippen molar-refractivity contribution in [1.29, 1.82) is 0 Å². The Balaban J connectivity index is 1.98. The van der Waals surface area contributed by atoms with Crippen molar-refractivity contribution in [2.24, 2.45) is 5.92 Å². The molecule has 1 nitrogen and oxygen atoms in total. The van der Waals surface area contributed by atoms with Gasteiger partial charge < -0.3 is 5.32 Å². The van der Waals surface area contributed by atoms with Gasteiger partial charge in [0.25, 0.3) is 0 Å². The van der Waals surface area contributed by atoms with Gasteiger partial charge in [-0.3, -0.25) is 0 Å². The summed E-state index contributed by atoms with van der Waals surface area (Å²) in [4.78, 5) is 1.54. The maximum Gasteiger partial charge on any atom is 0.0367 e. The molecule has 1 aliphatic heterocycles. The number of nitrogens with one attached hydrogen (secondary N) is 1. The summed E-state index contributed by atoms with van der Waals surface area (Å²) in [5, 5.41) is 4.50. The van der Waals surface area contributed by atoms with Crippen LogP contribution in [0.1, 0.15) is 56.3 Å². The molecular weight excluding hydrogens is 250 g/mol. The lowest BCUT2D eigenvalue weighted by molar-refractivity contribution is 0.373. The minimum Gasteiger partial charge on any atom is -0.310 e. The standard InChI is InChI=1S/C17H25NS/c1-4-8-18-17-11(2)12(3)19-16-10-14-7-5-6-13(14)9-15(16)17/h9-12,17-18H,4-8H2,1-3H3. The lowest BCUT2D eigenvalue weighted by Crippen LogP contribution is -2.35. The number of fused-ring (bicyclic) bond motifs is 2. The normalized spacial score (nSPS) is 29.1. The molecule has 3 unspecified atom stereocenters. The highest BCUT2D eigenvalue weighted by molar-refractivity contribution is 8.00. The van der Waals surface area contributed by atoms with Crippen molar-refractivity contribution in [3.05, 3.63) is 28.8 Å². The molecule has 1 aromatic carbocycles.